The van der Waals surface area contributed by atoms with Crippen LogP contribution in [0.1, 0.15) is 27.5 Å². The molecule has 32 heavy (non-hydrogen) atoms. The second-order valence-electron chi connectivity index (χ2n) is 7.04. The third-order valence-electron chi connectivity index (χ3n) is 4.95. The first kappa shape index (κ1) is 21.1. The van der Waals surface area contributed by atoms with E-state index in [2.05, 4.69) is 15.6 Å². The van der Waals surface area contributed by atoms with Gasteiger partial charge in [0, 0.05) is 28.6 Å². The van der Waals surface area contributed by atoms with Crippen LogP contribution in [0.4, 0.5) is 5.69 Å². The first-order chi connectivity index (χ1) is 15.5. The summed E-state index contributed by atoms with van der Waals surface area (Å²) in [6.07, 6.45) is 1.23. The summed E-state index contributed by atoms with van der Waals surface area (Å²) < 4.78 is 0. The van der Waals surface area contributed by atoms with E-state index in [1.807, 2.05) is 24.3 Å². The van der Waals surface area contributed by atoms with Crippen molar-refractivity contribution in [2.24, 2.45) is 4.99 Å². The highest BCUT2D eigenvalue weighted by Gasteiger charge is 2.30. The highest BCUT2D eigenvalue weighted by Crippen LogP contribution is 2.30. The number of fused-ring (bicyclic) bond motifs is 1. The Bertz CT molecular complexity index is 1240. The summed E-state index contributed by atoms with van der Waals surface area (Å²) in [5, 5.41) is 16.5. The molecule has 0 aromatic heterocycles. The third kappa shape index (κ3) is 4.48. The molecule has 1 heterocycles. The SMILES string of the molecule is O=C(C(C=NC(=S)N[C@H]1C(=O)Nc2ccccc21)=C(O)c1ccccc1)c1ccccc1. The minimum absolute atomic E-state index is 0.0113. The Morgan fingerprint density at radius 3 is 2.22 bits per heavy atom. The molecule has 3 aromatic rings. The Labute approximate surface area is 190 Å². The molecule has 0 unspecified atom stereocenters. The maximum absolute atomic E-state index is 13.1. The molecule has 1 aliphatic heterocycles. The number of nitrogens with zero attached hydrogens (tertiary/aromatic N) is 1. The van der Waals surface area contributed by atoms with Crippen molar-refractivity contribution in [3.63, 3.8) is 0 Å². The number of ketones is 1. The highest BCUT2D eigenvalue weighted by atomic mass is 32.1. The maximum Gasteiger partial charge on any atom is 0.251 e. The zero-order valence-corrected chi connectivity index (χ0v) is 17.7. The van der Waals surface area contributed by atoms with E-state index in [4.69, 9.17) is 12.2 Å². The number of hydrogen-bond donors (Lipinski definition) is 3. The van der Waals surface area contributed by atoms with Gasteiger partial charge < -0.3 is 15.7 Å². The summed E-state index contributed by atoms with van der Waals surface area (Å²) >= 11 is 5.29. The number of carbonyl (C=O) groups is 2. The number of aliphatic imine (C=N–C) groups is 1. The van der Waals surface area contributed by atoms with Crippen molar-refractivity contribution in [1.82, 2.24) is 5.32 Å². The molecule has 1 amide bonds. The number of Topliss-reactive ketones (excluding diaryl/α,β-unsaturated/α-hetero) is 1. The summed E-state index contributed by atoms with van der Waals surface area (Å²) in [6.45, 7) is 0. The van der Waals surface area contributed by atoms with E-state index >= 15 is 0 Å². The normalized spacial score (nSPS) is 15.6. The summed E-state index contributed by atoms with van der Waals surface area (Å²) in [5.74, 6) is -0.857. The molecule has 6 nitrogen and oxygen atoms in total. The molecule has 3 N–H and O–H groups in total. The smallest absolute Gasteiger partial charge is 0.251 e. The van der Waals surface area contributed by atoms with Crippen LogP contribution in [0.15, 0.2) is 95.5 Å². The molecule has 158 valence electrons. The summed E-state index contributed by atoms with van der Waals surface area (Å²) in [5.41, 5.74) is 2.34. The van der Waals surface area contributed by atoms with Gasteiger partial charge in [-0.05, 0) is 18.3 Å². The number of allylic oxidation sites excluding steroid dienone is 1. The van der Waals surface area contributed by atoms with Crippen LogP contribution in [-0.4, -0.2) is 28.1 Å². The topological polar surface area (TPSA) is 90.8 Å². The Morgan fingerprint density at radius 1 is 0.938 bits per heavy atom. The van der Waals surface area contributed by atoms with Crippen molar-refractivity contribution >= 4 is 46.7 Å². The molecule has 3 aromatic carbocycles. The largest absolute Gasteiger partial charge is 0.506 e. The lowest BCUT2D eigenvalue weighted by Gasteiger charge is -2.11. The fourth-order valence-electron chi connectivity index (χ4n) is 3.36. The van der Waals surface area contributed by atoms with Gasteiger partial charge in [-0.2, -0.15) is 0 Å². The van der Waals surface area contributed by atoms with E-state index < -0.39 is 11.8 Å². The van der Waals surface area contributed by atoms with E-state index in [9.17, 15) is 14.7 Å². The van der Waals surface area contributed by atoms with Crippen LogP contribution < -0.4 is 10.6 Å². The van der Waals surface area contributed by atoms with Gasteiger partial charge in [-0.15, -0.1) is 0 Å². The predicted octanol–water partition coefficient (Wildman–Crippen LogP) is 4.48. The van der Waals surface area contributed by atoms with Crippen molar-refractivity contribution in [2.75, 3.05) is 5.32 Å². The summed E-state index contributed by atoms with van der Waals surface area (Å²) in [7, 11) is 0. The van der Waals surface area contributed by atoms with Crippen molar-refractivity contribution < 1.29 is 14.7 Å². The number of hydrogen-bond acceptors (Lipinski definition) is 4. The Hall–Kier alpha value is -4.10. The van der Waals surface area contributed by atoms with Gasteiger partial charge in [0.1, 0.15) is 11.8 Å². The molecule has 1 aliphatic rings. The van der Waals surface area contributed by atoms with Crippen LogP contribution in [-0.2, 0) is 4.79 Å². The van der Waals surface area contributed by atoms with E-state index in [1.54, 1.807) is 60.7 Å². The number of carbonyl (C=O) groups excluding carboxylic acids is 2. The predicted molar refractivity (Wildman–Crippen MR) is 129 cm³/mol. The molecule has 0 aliphatic carbocycles. The number of benzene rings is 3. The number of nitrogens with one attached hydrogen (secondary N) is 2. The molecular weight excluding hydrogens is 422 g/mol. The van der Waals surface area contributed by atoms with Crippen molar-refractivity contribution in [2.45, 2.75) is 6.04 Å². The first-order valence-corrected chi connectivity index (χ1v) is 10.3. The van der Waals surface area contributed by atoms with Crippen LogP contribution in [0.3, 0.4) is 0 Å². The van der Waals surface area contributed by atoms with Gasteiger partial charge in [0.2, 0.25) is 0 Å². The van der Waals surface area contributed by atoms with E-state index in [0.29, 0.717) is 16.8 Å². The van der Waals surface area contributed by atoms with Crippen LogP contribution in [0.2, 0.25) is 0 Å². The third-order valence-corrected chi connectivity index (χ3v) is 5.18. The summed E-state index contributed by atoms with van der Waals surface area (Å²) in [4.78, 5) is 29.6. The highest BCUT2D eigenvalue weighted by molar-refractivity contribution is 7.80. The number of anilines is 1. The Kier molecular flexibility index (Phi) is 6.19. The Balaban J connectivity index is 1.62. The number of amides is 1. The number of thiocarbonyl (C=S) groups is 1. The van der Waals surface area contributed by atoms with Crippen LogP contribution in [0, 0.1) is 0 Å². The average Bonchev–Trinajstić information content (AvgIpc) is 3.15. The zero-order valence-electron chi connectivity index (χ0n) is 16.9. The van der Waals surface area contributed by atoms with Crippen LogP contribution in [0.25, 0.3) is 5.76 Å². The monoisotopic (exact) mass is 441 g/mol. The molecule has 4 rings (SSSR count). The van der Waals surface area contributed by atoms with Gasteiger partial charge in [-0.3, -0.25) is 9.59 Å². The lowest BCUT2D eigenvalue weighted by atomic mass is 10.0. The lowest BCUT2D eigenvalue weighted by molar-refractivity contribution is -0.117. The molecule has 0 saturated heterocycles. The number of para-hydroxylation sites is 1. The fraction of sp³-hybridized carbons (Fsp3) is 0.0400. The molecule has 0 fully saturated rings. The Morgan fingerprint density at radius 2 is 1.53 bits per heavy atom. The minimum atomic E-state index is -0.684. The first-order valence-electron chi connectivity index (χ1n) is 9.87. The zero-order chi connectivity index (χ0) is 22.5. The van der Waals surface area contributed by atoms with Crippen molar-refractivity contribution in [3.05, 3.63) is 107 Å². The number of aliphatic hydroxyl groups excluding tert-OH is 1. The molecule has 1 atom stereocenters. The molecule has 0 saturated carbocycles. The van der Waals surface area contributed by atoms with E-state index in [-0.39, 0.29) is 22.4 Å². The maximum atomic E-state index is 13.1. The second-order valence-corrected chi connectivity index (χ2v) is 7.43. The fourth-order valence-corrected chi connectivity index (χ4v) is 3.53. The molecule has 7 heteroatoms. The molecule has 0 bridgehead atoms. The van der Waals surface area contributed by atoms with Crippen molar-refractivity contribution in [1.29, 1.82) is 0 Å². The van der Waals surface area contributed by atoms with E-state index in [0.717, 1.165) is 5.56 Å². The quantitative estimate of drug-likeness (QED) is 0.179. The van der Waals surface area contributed by atoms with Gasteiger partial charge in [0.25, 0.3) is 5.91 Å². The lowest BCUT2D eigenvalue weighted by Crippen LogP contribution is -2.31. The van der Waals surface area contributed by atoms with Gasteiger partial charge >= 0.3 is 0 Å². The van der Waals surface area contributed by atoms with Crippen LogP contribution >= 0.6 is 12.2 Å². The standard InChI is InChI=1S/C25H19N3O3S/c29-22(16-9-3-1-4-10-16)19(23(30)17-11-5-2-6-12-17)15-26-25(32)28-21-18-13-7-8-14-20(18)27-24(21)31/h1-15,21,29H,(H,27,31)(H,28,32)/t21-/m1/s1. The second kappa shape index (κ2) is 9.36. The summed E-state index contributed by atoms with van der Waals surface area (Å²) in [6, 6.07) is 23.9. The number of rotatable bonds is 5. The molecule has 0 spiro atoms. The van der Waals surface area contributed by atoms with Gasteiger partial charge in [0.15, 0.2) is 10.9 Å². The van der Waals surface area contributed by atoms with Crippen molar-refractivity contribution in [3.8, 4) is 0 Å². The number of aliphatic hydroxyl groups is 1. The molecular formula is C25H19N3O3S. The van der Waals surface area contributed by atoms with E-state index in [1.165, 1.54) is 6.21 Å². The average molecular weight is 442 g/mol. The van der Waals surface area contributed by atoms with Crippen LogP contribution in [0.5, 0.6) is 0 Å². The van der Waals surface area contributed by atoms with Gasteiger partial charge in [-0.1, -0.05) is 78.9 Å². The molecule has 0 radical (unpaired) electrons. The van der Waals surface area contributed by atoms with Gasteiger partial charge in [-0.25, -0.2) is 4.99 Å². The minimum Gasteiger partial charge on any atom is -0.506 e. The van der Waals surface area contributed by atoms with Gasteiger partial charge in [0.05, 0.1) is 5.57 Å².